The van der Waals surface area contributed by atoms with Gasteiger partial charge in [0.05, 0.1) is 13.2 Å². The average molecular weight is 532 g/mol. The highest BCUT2D eigenvalue weighted by molar-refractivity contribution is 7.80. The molecule has 8 nitrogen and oxygen atoms in total. The molecule has 1 amide bonds. The third-order valence-electron chi connectivity index (χ3n) is 7.54. The molecule has 3 aliphatic heterocycles. The number of fused-ring (bicyclic) bond motifs is 5. The van der Waals surface area contributed by atoms with Crippen LogP contribution in [0.1, 0.15) is 35.2 Å². The van der Waals surface area contributed by atoms with Gasteiger partial charge < -0.3 is 34.5 Å². The van der Waals surface area contributed by atoms with Gasteiger partial charge in [0, 0.05) is 17.8 Å². The topological polar surface area (TPSA) is 81.3 Å². The van der Waals surface area contributed by atoms with Gasteiger partial charge in [-0.15, -0.1) is 0 Å². The summed E-state index contributed by atoms with van der Waals surface area (Å²) >= 11 is 5.86. The van der Waals surface area contributed by atoms with Gasteiger partial charge in [-0.3, -0.25) is 4.79 Å². The molecule has 3 heterocycles. The first-order valence-electron chi connectivity index (χ1n) is 12.5. The number of methoxy groups -OCH3 is 1. The standard InChI is InChI=1S/C29H29N3O5S/c1-16-8-10-20(17(2)12-16)30-27(33)24-25-19-6-5-7-22(34-4)26(19)37-29(24,3)32(28(38)31-25)14-18-9-11-21-23(13-18)36-15-35-21/h5-13,24-25H,14-15H2,1-4H3,(H,30,33)(H,31,38)/t24-,25-,29+/m1/s1. The summed E-state index contributed by atoms with van der Waals surface area (Å²) in [7, 11) is 1.61. The Morgan fingerprint density at radius 2 is 1.97 bits per heavy atom. The Bertz CT molecular complexity index is 1460. The molecule has 38 heavy (non-hydrogen) atoms. The van der Waals surface area contributed by atoms with Crippen molar-refractivity contribution in [1.82, 2.24) is 10.2 Å². The quantitative estimate of drug-likeness (QED) is 0.453. The number of carbonyl (C=O) groups excluding carboxylic acids is 1. The van der Waals surface area contributed by atoms with Crippen molar-refractivity contribution >= 4 is 28.9 Å². The van der Waals surface area contributed by atoms with Gasteiger partial charge in [-0.2, -0.15) is 0 Å². The van der Waals surface area contributed by atoms with Crippen molar-refractivity contribution in [2.24, 2.45) is 5.92 Å². The van der Waals surface area contributed by atoms with Crippen LogP contribution in [0.15, 0.2) is 54.6 Å². The third kappa shape index (κ3) is 3.89. The molecule has 0 aliphatic carbocycles. The Labute approximate surface area is 226 Å². The van der Waals surface area contributed by atoms with E-state index in [1.807, 2.05) is 74.2 Å². The smallest absolute Gasteiger partial charge is 0.236 e. The van der Waals surface area contributed by atoms with Gasteiger partial charge in [-0.1, -0.05) is 35.9 Å². The number of hydrogen-bond acceptors (Lipinski definition) is 6. The first kappa shape index (κ1) is 24.4. The minimum atomic E-state index is -1.12. The van der Waals surface area contributed by atoms with E-state index in [9.17, 15) is 4.79 Å². The Balaban J connectivity index is 1.42. The average Bonchev–Trinajstić information content (AvgIpc) is 3.35. The summed E-state index contributed by atoms with van der Waals surface area (Å²) in [5, 5.41) is 7.10. The molecule has 1 saturated heterocycles. The zero-order valence-corrected chi connectivity index (χ0v) is 22.5. The second-order valence-electron chi connectivity index (χ2n) is 10.0. The Morgan fingerprint density at radius 1 is 1.16 bits per heavy atom. The predicted octanol–water partition coefficient (Wildman–Crippen LogP) is 4.84. The SMILES string of the molecule is COc1cccc2c1O[C@@]1(C)[C@@H](C(=O)Nc3ccc(C)cc3C)[C@@H]2NC(=S)N1Cc1ccc2c(c1)OCO2. The molecule has 0 unspecified atom stereocenters. The van der Waals surface area contributed by atoms with Crippen LogP contribution >= 0.6 is 12.2 Å². The molecule has 3 aliphatic rings. The van der Waals surface area contributed by atoms with E-state index in [0.717, 1.165) is 27.9 Å². The van der Waals surface area contributed by atoms with Gasteiger partial charge in [0.1, 0.15) is 5.92 Å². The molecule has 9 heteroatoms. The highest BCUT2D eigenvalue weighted by Gasteiger charge is 2.59. The molecule has 196 valence electrons. The maximum atomic E-state index is 14.1. The van der Waals surface area contributed by atoms with Gasteiger partial charge in [-0.05, 0) is 68.4 Å². The second kappa shape index (κ2) is 9.09. The van der Waals surface area contributed by atoms with Gasteiger partial charge >= 0.3 is 0 Å². The largest absolute Gasteiger partial charge is 0.493 e. The van der Waals surface area contributed by atoms with Crippen molar-refractivity contribution in [3.63, 3.8) is 0 Å². The van der Waals surface area contributed by atoms with E-state index in [0.29, 0.717) is 34.7 Å². The Kier molecular flexibility index (Phi) is 5.83. The number of benzene rings is 3. The van der Waals surface area contributed by atoms with E-state index < -0.39 is 17.7 Å². The van der Waals surface area contributed by atoms with Crippen molar-refractivity contribution in [3.05, 3.63) is 76.9 Å². The summed E-state index contributed by atoms with van der Waals surface area (Å²) in [6.07, 6.45) is 0. The van der Waals surface area contributed by atoms with Crippen LogP contribution in [-0.4, -0.2) is 35.5 Å². The molecule has 3 aromatic rings. The minimum Gasteiger partial charge on any atom is -0.493 e. The fourth-order valence-corrected chi connectivity index (χ4v) is 5.99. The van der Waals surface area contributed by atoms with E-state index in [4.69, 9.17) is 31.2 Å². The second-order valence-corrected chi connectivity index (χ2v) is 10.4. The summed E-state index contributed by atoms with van der Waals surface area (Å²) in [5.41, 5.74) is 3.55. The van der Waals surface area contributed by atoms with Crippen LogP contribution in [0.4, 0.5) is 5.69 Å². The number of anilines is 1. The maximum absolute atomic E-state index is 14.1. The monoisotopic (exact) mass is 531 g/mol. The third-order valence-corrected chi connectivity index (χ3v) is 7.88. The van der Waals surface area contributed by atoms with Gasteiger partial charge in [0.2, 0.25) is 12.7 Å². The number of carbonyl (C=O) groups is 1. The van der Waals surface area contributed by atoms with Crippen molar-refractivity contribution in [1.29, 1.82) is 0 Å². The van der Waals surface area contributed by atoms with E-state index >= 15 is 0 Å². The molecular formula is C29H29N3O5S. The molecule has 0 radical (unpaired) electrons. The Hall–Kier alpha value is -3.98. The van der Waals surface area contributed by atoms with E-state index in [2.05, 4.69) is 16.7 Å². The van der Waals surface area contributed by atoms with E-state index in [1.54, 1.807) is 7.11 Å². The summed E-state index contributed by atoms with van der Waals surface area (Å²) in [4.78, 5) is 16.0. The van der Waals surface area contributed by atoms with Gasteiger partial charge in [0.25, 0.3) is 0 Å². The highest BCUT2D eigenvalue weighted by Crippen LogP contribution is 2.52. The lowest BCUT2D eigenvalue weighted by atomic mass is 9.78. The zero-order chi connectivity index (χ0) is 26.6. The lowest BCUT2D eigenvalue weighted by molar-refractivity contribution is -0.151. The summed E-state index contributed by atoms with van der Waals surface area (Å²) in [6.45, 7) is 6.53. The molecule has 2 bridgehead atoms. The van der Waals surface area contributed by atoms with Crippen LogP contribution in [0.3, 0.4) is 0 Å². The van der Waals surface area contributed by atoms with Crippen LogP contribution in [0.25, 0.3) is 0 Å². The Morgan fingerprint density at radius 3 is 2.76 bits per heavy atom. The number of rotatable bonds is 5. The number of amides is 1. The normalized spacial score (nSPS) is 22.7. The maximum Gasteiger partial charge on any atom is 0.236 e. The first-order chi connectivity index (χ1) is 18.3. The predicted molar refractivity (Wildman–Crippen MR) is 147 cm³/mol. The number of aryl methyl sites for hydroxylation is 2. The number of para-hydroxylation sites is 1. The zero-order valence-electron chi connectivity index (χ0n) is 21.7. The summed E-state index contributed by atoms with van der Waals surface area (Å²) in [6, 6.07) is 17.0. The number of hydrogen-bond donors (Lipinski definition) is 2. The van der Waals surface area contributed by atoms with Crippen molar-refractivity contribution < 1.29 is 23.7 Å². The summed E-state index contributed by atoms with van der Waals surface area (Å²) < 4.78 is 23.4. The molecule has 0 aromatic heterocycles. The van der Waals surface area contributed by atoms with Crippen molar-refractivity contribution in [2.75, 3.05) is 19.2 Å². The summed E-state index contributed by atoms with van der Waals surface area (Å²) in [5.74, 6) is 1.79. The molecule has 0 saturated carbocycles. The number of ether oxygens (including phenoxy) is 4. The van der Waals surface area contributed by atoms with Crippen molar-refractivity contribution in [2.45, 2.75) is 39.1 Å². The number of nitrogens with zero attached hydrogens (tertiary/aromatic N) is 1. The lowest BCUT2D eigenvalue weighted by Crippen LogP contribution is -2.71. The first-order valence-corrected chi connectivity index (χ1v) is 12.9. The van der Waals surface area contributed by atoms with Crippen LogP contribution in [0, 0.1) is 19.8 Å². The lowest BCUT2D eigenvalue weighted by Gasteiger charge is -2.56. The fourth-order valence-electron chi connectivity index (χ4n) is 5.61. The molecule has 3 atom stereocenters. The van der Waals surface area contributed by atoms with E-state index in [-0.39, 0.29) is 12.7 Å². The number of nitrogens with one attached hydrogen (secondary N) is 2. The van der Waals surface area contributed by atoms with Gasteiger partial charge in [0.15, 0.2) is 33.8 Å². The highest BCUT2D eigenvalue weighted by atomic mass is 32.1. The molecule has 1 fully saturated rings. The minimum absolute atomic E-state index is 0.163. The van der Waals surface area contributed by atoms with Crippen LogP contribution < -0.4 is 29.6 Å². The fraction of sp³-hybridized carbons (Fsp3) is 0.310. The molecular weight excluding hydrogens is 502 g/mol. The van der Waals surface area contributed by atoms with Crippen LogP contribution in [-0.2, 0) is 11.3 Å². The van der Waals surface area contributed by atoms with Gasteiger partial charge in [-0.25, -0.2) is 0 Å². The molecule has 6 rings (SSSR count). The molecule has 0 spiro atoms. The number of thiocarbonyl (C=S) groups is 1. The molecule has 3 aromatic carbocycles. The van der Waals surface area contributed by atoms with Crippen LogP contribution in [0.2, 0.25) is 0 Å². The van der Waals surface area contributed by atoms with Crippen LogP contribution in [0.5, 0.6) is 23.0 Å². The molecule has 2 N–H and O–H groups in total. The van der Waals surface area contributed by atoms with Crippen molar-refractivity contribution in [3.8, 4) is 23.0 Å². The van der Waals surface area contributed by atoms with E-state index in [1.165, 1.54) is 0 Å².